The SMILES string of the molecule is Cc1ccc(/C=C2/c3ccccc3-c3cc(F)cc(F)c32)cc1. The Kier molecular flexibility index (Phi) is 3.12. The van der Waals surface area contributed by atoms with Crippen LogP contribution in [0.2, 0.25) is 0 Å². The molecule has 1 aliphatic carbocycles. The molecule has 112 valence electrons. The van der Waals surface area contributed by atoms with E-state index in [-0.39, 0.29) is 0 Å². The van der Waals surface area contributed by atoms with E-state index in [1.165, 1.54) is 11.6 Å². The molecule has 0 spiro atoms. The Morgan fingerprint density at radius 1 is 0.783 bits per heavy atom. The Morgan fingerprint density at radius 3 is 2.22 bits per heavy atom. The second-order valence-electron chi connectivity index (χ2n) is 5.82. The van der Waals surface area contributed by atoms with E-state index in [1.54, 1.807) is 0 Å². The third-order valence-corrected chi connectivity index (χ3v) is 4.22. The van der Waals surface area contributed by atoms with Crippen molar-refractivity contribution in [2.45, 2.75) is 6.92 Å². The van der Waals surface area contributed by atoms with Crippen molar-refractivity contribution in [3.63, 3.8) is 0 Å². The molecule has 0 saturated carbocycles. The number of benzene rings is 3. The Hall–Kier alpha value is -2.74. The van der Waals surface area contributed by atoms with Gasteiger partial charge in [0.1, 0.15) is 11.6 Å². The van der Waals surface area contributed by atoms with E-state index in [4.69, 9.17) is 0 Å². The summed E-state index contributed by atoms with van der Waals surface area (Å²) in [7, 11) is 0. The number of rotatable bonds is 1. The molecule has 2 heteroatoms. The molecule has 1 aliphatic rings. The summed E-state index contributed by atoms with van der Waals surface area (Å²) in [5.74, 6) is -1.07. The van der Waals surface area contributed by atoms with Gasteiger partial charge >= 0.3 is 0 Å². The van der Waals surface area contributed by atoms with Gasteiger partial charge in [-0.1, -0.05) is 54.1 Å². The predicted octanol–water partition coefficient (Wildman–Crippen LogP) is 5.84. The van der Waals surface area contributed by atoms with Crippen LogP contribution in [0.25, 0.3) is 22.8 Å². The van der Waals surface area contributed by atoms with Gasteiger partial charge < -0.3 is 0 Å². The lowest BCUT2D eigenvalue weighted by molar-refractivity contribution is 0.582. The highest BCUT2D eigenvalue weighted by molar-refractivity contribution is 6.06. The van der Waals surface area contributed by atoms with E-state index in [0.717, 1.165) is 28.3 Å². The maximum absolute atomic E-state index is 14.5. The molecule has 0 nitrogen and oxygen atoms in total. The molecule has 0 bridgehead atoms. The number of aryl methyl sites for hydroxylation is 1. The van der Waals surface area contributed by atoms with Gasteiger partial charge in [-0.25, -0.2) is 8.78 Å². The van der Waals surface area contributed by atoms with Crippen LogP contribution in [0.15, 0.2) is 60.7 Å². The van der Waals surface area contributed by atoms with Crippen molar-refractivity contribution in [2.24, 2.45) is 0 Å². The van der Waals surface area contributed by atoms with Crippen LogP contribution in [0.1, 0.15) is 22.3 Å². The molecule has 23 heavy (non-hydrogen) atoms. The highest BCUT2D eigenvalue weighted by Crippen LogP contribution is 2.46. The monoisotopic (exact) mass is 304 g/mol. The summed E-state index contributed by atoms with van der Waals surface area (Å²) < 4.78 is 28.1. The van der Waals surface area contributed by atoms with Crippen LogP contribution < -0.4 is 0 Å². The first-order chi connectivity index (χ1) is 11.1. The van der Waals surface area contributed by atoms with Gasteiger partial charge in [-0.3, -0.25) is 0 Å². The minimum absolute atomic E-state index is 0.480. The molecule has 0 aromatic heterocycles. The van der Waals surface area contributed by atoms with Gasteiger partial charge in [-0.05, 0) is 46.9 Å². The van der Waals surface area contributed by atoms with Gasteiger partial charge in [0.2, 0.25) is 0 Å². The smallest absolute Gasteiger partial charge is 0.134 e. The second kappa shape index (κ2) is 5.17. The molecule has 3 aromatic carbocycles. The Labute approximate surface area is 133 Å². The van der Waals surface area contributed by atoms with Crippen LogP contribution >= 0.6 is 0 Å². The first kappa shape index (κ1) is 13.9. The minimum atomic E-state index is -0.548. The normalized spacial score (nSPS) is 14.0. The third kappa shape index (κ3) is 2.27. The number of hydrogen-bond acceptors (Lipinski definition) is 0. The maximum Gasteiger partial charge on any atom is 0.134 e. The summed E-state index contributed by atoms with van der Waals surface area (Å²) in [6, 6.07) is 18.1. The van der Waals surface area contributed by atoms with E-state index < -0.39 is 11.6 Å². The standard InChI is InChI=1S/C21H14F2/c1-13-6-8-14(9-7-13)10-18-16-4-2-3-5-17(16)19-11-15(22)12-20(23)21(18)19/h2-12H,1H3/b18-10-. The molecule has 0 N–H and O–H groups in total. The van der Waals surface area contributed by atoms with Crippen LogP contribution in [0, 0.1) is 18.6 Å². The van der Waals surface area contributed by atoms with Gasteiger partial charge in [-0.2, -0.15) is 0 Å². The molecule has 0 atom stereocenters. The predicted molar refractivity (Wildman–Crippen MR) is 89.9 cm³/mol. The molecular weight excluding hydrogens is 290 g/mol. The molecule has 0 radical (unpaired) electrons. The van der Waals surface area contributed by atoms with Crippen molar-refractivity contribution < 1.29 is 8.78 Å². The average Bonchev–Trinajstić information content (AvgIpc) is 2.84. The Bertz CT molecular complexity index is 935. The molecule has 4 rings (SSSR count). The number of hydrogen-bond donors (Lipinski definition) is 0. The van der Waals surface area contributed by atoms with E-state index >= 15 is 0 Å². The van der Waals surface area contributed by atoms with Crippen LogP contribution in [-0.2, 0) is 0 Å². The zero-order valence-corrected chi connectivity index (χ0v) is 12.6. The summed E-state index contributed by atoms with van der Waals surface area (Å²) in [6.07, 6.45) is 1.96. The summed E-state index contributed by atoms with van der Waals surface area (Å²) in [6.45, 7) is 2.03. The second-order valence-corrected chi connectivity index (χ2v) is 5.82. The molecule has 0 heterocycles. The molecule has 0 unspecified atom stereocenters. The number of fused-ring (bicyclic) bond motifs is 3. The third-order valence-electron chi connectivity index (χ3n) is 4.22. The van der Waals surface area contributed by atoms with Gasteiger partial charge in [-0.15, -0.1) is 0 Å². The van der Waals surface area contributed by atoms with Crippen LogP contribution in [0.3, 0.4) is 0 Å². The van der Waals surface area contributed by atoms with Gasteiger partial charge in [0.25, 0.3) is 0 Å². The fourth-order valence-corrected chi connectivity index (χ4v) is 3.13. The number of halogens is 2. The van der Waals surface area contributed by atoms with Crippen LogP contribution in [-0.4, -0.2) is 0 Å². The van der Waals surface area contributed by atoms with E-state index in [1.807, 2.05) is 61.5 Å². The van der Waals surface area contributed by atoms with Gasteiger partial charge in [0, 0.05) is 11.6 Å². The van der Waals surface area contributed by atoms with E-state index in [9.17, 15) is 8.78 Å². The first-order valence-electron chi connectivity index (χ1n) is 7.51. The largest absolute Gasteiger partial charge is 0.207 e. The van der Waals surface area contributed by atoms with E-state index in [2.05, 4.69) is 0 Å². The topological polar surface area (TPSA) is 0 Å². The van der Waals surface area contributed by atoms with Crippen molar-refractivity contribution in [2.75, 3.05) is 0 Å². The molecule has 0 aliphatic heterocycles. The van der Waals surface area contributed by atoms with E-state index in [0.29, 0.717) is 11.1 Å². The molecular formula is C21H14F2. The van der Waals surface area contributed by atoms with Crippen LogP contribution in [0.4, 0.5) is 8.78 Å². The Balaban J connectivity index is 1.99. The maximum atomic E-state index is 14.5. The Morgan fingerprint density at radius 2 is 1.48 bits per heavy atom. The average molecular weight is 304 g/mol. The summed E-state index contributed by atoms with van der Waals surface area (Å²) in [4.78, 5) is 0. The molecule has 0 fully saturated rings. The first-order valence-corrected chi connectivity index (χ1v) is 7.51. The van der Waals surface area contributed by atoms with Crippen molar-refractivity contribution in [3.8, 4) is 11.1 Å². The van der Waals surface area contributed by atoms with Crippen molar-refractivity contribution in [1.82, 2.24) is 0 Å². The summed E-state index contributed by atoms with van der Waals surface area (Å²) in [5, 5.41) is 0. The summed E-state index contributed by atoms with van der Waals surface area (Å²) >= 11 is 0. The van der Waals surface area contributed by atoms with Crippen LogP contribution in [0.5, 0.6) is 0 Å². The van der Waals surface area contributed by atoms with Crippen molar-refractivity contribution >= 4 is 11.6 Å². The lowest BCUT2D eigenvalue weighted by Gasteiger charge is -2.05. The van der Waals surface area contributed by atoms with Crippen molar-refractivity contribution in [1.29, 1.82) is 0 Å². The fourth-order valence-electron chi connectivity index (χ4n) is 3.13. The lowest BCUT2D eigenvalue weighted by atomic mass is 10.0. The molecule has 3 aromatic rings. The molecule has 0 saturated heterocycles. The minimum Gasteiger partial charge on any atom is -0.207 e. The quantitative estimate of drug-likeness (QED) is 0.414. The lowest BCUT2D eigenvalue weighted by Crippen LogP contribution is -1.90. The van der Waals surface area contributed by atoms with Gasteiger partial charge in [0.15, 0.2) is 0 Å². The van der Waals surface area contributed by atoms with Crippen molar-refractivity contribution in [3.05, 3.63) is 94.6 Å². The van der Waals surface area contributed by atoms with Gasteiger partial charge in [0.05, 0.1) is 0 Å². The zero-order chi connectivity index (χ0) is 16.0. The molecule has 0 amide bonds. The highest BCUT2D eigenvalue weighted by Gasteiger charge is 2.27. The zero-order valence-electron chi connectivity index (χ0n) is 12.6. The fraction of sp³-hybridized carbons (Fsp3) is 0.0476. The highest BCUT2D eigenvalue weighted by atomic mass is 19.1. The summed E-state index contributed by atoms with van der Waals surface area (Å²) in [5.41, 5.74) is 5.89.